The van der Waals surface area contributed by atoms with Gasteiger partial charge in [0.15, 0.2) is 0 Å². The lowest BCUT2D eigenvalue weighted by atomic mass is 10.1. The second-order valence-electron chi connectivity index (χ2n) is 8.03. The van der Waals surface area contributed by atoms with Crippen molar-refractivity contribution in [3.63, 3.8) is 0 Å². The summed E-state index contributed by atoms with van der Waals surface area (Å²) in [5.74, 6) is 0.413. The first kappa shape index (κ1) is 23.1. The Labute approximate surface area is 198 Å². The number of nitrogens with one attached hydrogen (secondary N) is 2. The molecule has 8 heteroatoms. The van der Waals surface area contributed by atoms with Gasteiger partial charge >= 0.3 is 6.03 Å². The topological polar surface area (TPSA) is 73.9 Å². The Morgan fingerprint density at radius 2 is 1.56 bits per heavy atom. The molecule has 1 fully saturated rings. The molecule has 0 aromatic heterocycles. The molecule has 34 heavy (non-hydrogen) atoms. The molecule has 0 aliphatic carbocycles. The number of anilines is 3. The molecule has 4 rings (SSSR count). The zero-order valence-electron chi connectivity index (χ0n) is 19.0. The molecule has 2 N–H and O–H groups in total. The molecule has 176 valence electrons. The Balaban J connectivity index is 1.26. The van der Waals surface area contributed by atoms with Gasteiger partial charge in [-0.05, 0) is 54.1 Å². The predicted octanol–water partition coefficient (Wildman–Crippen LogP) is 4.37. The minimum absolute atomic E-state index is 0.0489. The largest absolute Gasteiger partial charge is 0.497 e. The van der Waals surface area contributed by atoms with Gasteiger partial charge in [0.25, 0.3) is 0 Å². The van der Waals surface area contributed by atoms with Crippen LogP contribution in [0.3, 0.4) is 0 Å². The number of carbonyl (C=O) groups excluding carboxylic acids is 2. The number of amides is 3. The van der Waals surface area contributed by atoms with E-state index in [0.717, 1.165) is 24.3 Å². The van der Waals surface area contributed by atoms with Crippen molar-refractivity contribution in [3.05, 3.63) is 84.2 Å². The summed E-state index contributed by atoms with van der Waals surface area (Å²) in [6, 6.07) is 20.5. The fraction of sp³-hybridized carbons (Fsp3) is 0.231. The van der Waals surface area contributed by atoms with E-state index >= 15 is 0 Å². The number of hydrogen-bond acceptors (Lipinski definition) is 4. The molecule has 0 bridgehead atoms. The lowest BCUT2D eigenvalue weighted by Crippen LogP contribution is -2.49. The van der Waals surface area contributed by atoms with Crippen LogP contribution in [-0.4, -0.2) is 50.1 Å². The number of halogens is 1. The molecule has 3 aromatic rings. The second-order valence-corrected chi connectivity index (χ2v) is 8.03. The van der Waals surface area contributed by atoms with Crippen molar-refractivity contribution in [2.24, 2.45) is 0 Å². The normalized spacial score (nSPS) is 13.4. The summed E-state index contributed by atoms with van der Waals surface area (Å²) in [6.07, 6.45) is 0.276. The van der Waals surface area contributed by atoms with E-state index in [1.807, 2.05) is 35.2 Å². The zero-order chi connectivity index (χ0) is 23.9. The molecule has 1 aliphatic rings. The number of piperazine rings is 1. The first-order valence-electron chi connectivity index (χ1n) is 11.1. The van der Waals surface area contributed by atoms with E-state index in [0.29, 0.717) is 30.2 Å². The van der Waals surface area contributed by atoms with Crippen molar-refractivity contribution in [2.45, 2.75) is 6.42 Å². The van der Waals surface area contributed by atoms with Crippen molar-refractivity contribution in [1.82, 2.24) is 4.90 Å². The van der Waals surface area contributed by atoms with Gasteiger partial charge in [-0.1, -0.05) is 18.2 Å². The number of ether oxygens (including phenoxy) is 1. The molecule has 0 radical (unpaired) electrons. The SMILES string of the molecule is COc1cccc(NC(=O)Nc2ccc(N3CCN(C(=O)Cc4ccc(F)cc4)CC3)cc2)c1. The standard InChI is InChI=1S/C26H27FN4O3/c1-34-24-4-2-3-22(18-24)29-26(33)28-21-9-11-23(12-10-21)30-13-15-31(16-14-30)25(32)17-19-5-7-20(27)8-6-19/h2-12,18H,13-17H2,1H3,(H2,28,29,33). The van der Waals surface area contributed by atoms with E-state index in [9.17, 15) is 14.0 Å². The molecule has 3 aromatic carbocycles. The summed E-state index contributed by atoms with van der Waals surface area (Å²) in [5, 5.41) is 5.60. The first-order chi connectivity index (χ1) is 16.5. The Kier molecular flexibility index (Phi) is 7.27. The van der Waals surface area contributed by atoms with Crippen LogP contribution < -0.4 is 20.3 Å². The molecular weight excluding hydrogens is 435 g/mol. The highest BCUT2D eigenvalue weighted by atomic mass is 19.1. The van der Waals surface area contributed by atoms with Gasteiger partial charge in [-0.2, -0.15) is 0 Å². The van der Waals surface area contributed by atoms with Gasteiger partial charge in [-0.15, -0.1) is 0 Å². The van der Waals surface area contributed by atoms with E-state index in [2.05, 4.69) is 15.5 Å². The van der Waals surface area contributed by atoms with Crippen LogP contribution in [0, 0.1) is 5.82 Å². The maximum absolute atomic E-state index is 13.1. The maximum Gasteiger partial charge on any atom is 0.323 e. The van der Waals surface area contributed by atoms with Crippen molar-refractivity contribution < 1.29 is 18.7 Å². The van der Waals surface area contributed by atoms with Crippen molar-refractivity contribution in [2.75, 3.05) is 48.8 Å². The highest BCUT2D eigenvalue weighted by Gasteiger charge is 2.21. The van der Waals surface area contributed by atoms with E-state index in [-0.39, 0.29) is 24.2 Å². The van der Waals surface area contributed by atoms with Crippen LogP contribution >= 0.6 is 0 Å². The van der Waals surface area contributed by atoms with Gasteiger partial charge in [0.2, 0.25) is 5.91 Å². The van der Waals surface area contributed by atoms with Gasteiger partial charge in [-0.25, -0.2) is 9.18 Å². The Morgan fingerprint density at radius 3 is 2.24 bits per heavy atom. The molecular formula is C26H27FN4O3. The molecule has 0 atom stereocenters. The first-order valence-corrected chi connectivity index (χ1v) is 11.1. The van der Waals surface area contributed by atoms with Crippen molar-refractivity contribution >= 4 is 29.0 Å². The van der Waals surface area contributed by atoms with Crippen LogP contribution in [0.25, 0.3) is 0 Å². The lowest BCUT2D eigenvalue weighted by molar-refractivity contribution is -0.130. The Morgan fingerprint density at radius 1 is 0.882 bits per heavy atom. The molecule has 3 amide bonds. The van der Waals surface area contributed by atoms with Gasteiger partial charge in [0.1, 0.15) is 11.6 Å². The van der Waals surface area contributed by atoms with Gasteiger partial charge in [0.05, 0.1) is 13.5 Å². The molecule has 0 unspecified atom stereocenters. The number of carbonyl (C=O) groups is 2. The molecule has 1 heterocycles. The van der Waals surface area contributed by atoms with Gasteiger partial charge in [-0.3, -0.25) is 4.79 Å². The van der Waals surface area contributed by atoms with E-state index in [1.165, 1.54) is 12.1 Å². The van der Waals surface area contributed by atoms with Crippen LogP contribution in [-0.2, 0) is 11.2 Å². The van der Waals surface area contributed by atoms with E-state index in [1.54, 1.807) is 37.4 Å². The maximum atomic E-state index is 13.1. The number of nitrogens with zero attached hydrogens (tertiary/aromatic N) is 2. The fourth-order valence-electron chi connectivity index (χ4n) is 3.85. The van der Waals surface area contributed by atoms with E-state index in [4.69, 9.17) is 4.74 Å². The average Bonchev–Trinajstić information content (AvgIpc) is 2.86. The Bertz CT molecular complexity index is 1130. The lowest BCUT2D eigenvalue weighted by Gasteiger charge is -2.36. The van der Waals surface area contributed by atoms with Crippen LogP contribution in [0.5, 0.6) is 5.75 Å². The molecule has 0 spiro atoms. The van der Waals surface area contributed by atoms with Crippen LogP contribution in [0.15, 0.2) is 72.8 Å². The molecule has 1 aliphatic heterocycles. The third-order valence-corrected chi connectivity index (χ3v) is 5.72. The minimum Gasteiger partial charge on any atom is -0.497 e. The van der Waals surface area contributed by atoms with Gasteiger partial charge in [0, 0.05) is 49.3 Å². The third-order valence-electron chi connectivity index (χ3n) is 5.72. The summed E-state index contributed by atoms with van der Waals surface area (Å²) in [7, 11) is 1.58. The van der Waals surface area contributed by atoms with Crippen LogP contribution in [0.4, 0.5) is 26.2 Å². The number of rotatable bonds is 6. The van der Waals surface area contributed by atoms with Crippen molar-refractivity contribution in [1.29, 1.82) is 0 Å². The molecule has 7 nitrogen and oxygen atoms in total. The zero-order valence-corrected chi connectivity index (χ0v) is 19.0. The predicted molar refractivity (Wildman–Crippen MR) is 131 cm³/mol. The highest BCUT2D eigenvalue weighted by Crippen LogP contribution is 2.21. The van der Waals surface area contributed by atoms with Crippen LogP contribution in [0.1, 0.15) is 5.56 Å². The quantitative estimate of drug-likeness (QED) is 0.571. The highest BCUT2D eigenvalue weighted by molar-refractivity contribution is 5.99. The summed E-state index contributed by atoms with van der Waals surface area (Å²) in [4.78, 5) is 28.9. The van der Waals surface area contributed by atoms with Crippen LogP contribution in [0.2, 0.25) is 0 Å². The summed E-state index contributed by atoms with van der Waals surface area (Å²) < 4.78 is 18.2. The van der Waals surface area contributed by atoms with Crippen molar-refractivity contribution in [3.8, 4) is 5.75 Å². The summed E-state index contributed by atoms with van der Waals surface area (Å²) in [6.45, 7) is 2.70. The summed E-state index contributed by atoms with van der Waals surface area (Å²) >= 11 is 0. The smallest absolute Gasteiger partial charge is 0.323 e. The number of benzene rings is 3. The Hall–Kier alpha value is -4.07. The second kappa shape index (κ2) is 10.7. The third kappa shape index (κ3) is 6.04. The number of urea groups is 1. The molecule has 1 saturated heterocycles. The van der Waals surface area contributed by atoms with Gasteiger partial charge < -0.3 is 25.2 Å². The minimum atomic E-state index is -0.339. The number of methoxy groups -OCH3 is 1. The van der Waals surface area contributed by atoms with E-state index < -0.39 is 0 Å². The summed E-state index contributed by atoms with van der Waals surface area (Å²) in [5.41, 5.74) is 3.16. The monoisotopic (exact) mass is 462 g/mol. The molecule has 0 saturated carbocycles. The fourth-order valence-corrected chi connectivity index (χ4v) is 3.85. The average molecular weight is 463 g/mol. The number of hydrogen-bond donors (Lipinski definition) is 2.